The summed E-state index contributed by atoms with van der Waals surface area (Å²) in [6, 6.07) is 11.2. The first-order valence-electron chi connectivity index (χ1n) is 9.84. The zero-order valence-electron chi connectivity index (χ0n) is 17.2. The van der Waals surface area contributed by atoms with Crippen molar-refractivity contribution in [3.63, 3.8) is 0 Å². The SMILES string of the molecule is CCc1cc(C(=O)/N=C(/NCC(C)C)Nc2cc(-c3ccc(F)cc3)n[nH]2)ccn1. The maximum absolute atomic E-state index is 13.1. The van der Waals surface area contributed by atoms with Crippen LogP contribution in [-0.4, -0.2) is 33.6 Å². The van der Waals surface area contributed by atoms with Crippen molar-refractivity contribution in [1.82, 2.24) is 20.5 Å². The van der Waals surface area contributed by atoms with Crippen LogP contribution in [0.2, 0.25) is 0 Å². The van der Waals surface area contributed by atoms with E-state index in [0.29, 0.717) is 35.5 Å². The van der Waals surface area contributed by atoms with Crippen LogP contribution < -0.4 is 10.6 Å². The van der Waals surface area contributed by atoms with Gasteiger partial charge in [0, 0.05) is 35.6 Å². The Morgan fingerprint density at radius 2 is 1.97 bits per heavy atom. The lowest BCUT2D eigenvalue weighted by Crippen LogP contribution is -2.34. The molecule has 0 aliphatic carbocycles. The number of amides is 1. The number of carbonyl (C=O) groups is 1. The van der Waals surface area contributed by atoms with Crippen LogP contribution in [0.1, 0.15) is 36.8 Å². The highest BCUT2D eigenvalue weighted by Gasteiger charge is 2.11. The van der Waals surface area contributed by atoms with E-state index in [2.05, 4.69) is 44.7 Å². The molecule has 0 unspecified atom stereocenters. The average Bonchev–Trinajstić information content (AvgIpc) is 3.21. The fourth-order valence-electron chi connectivity index (χ4n) is 2.66. The summed E-state index contributed by atoms with van der Waals surface area (Å²) in [6.07, 6.45) is 2.35. The summed E-state index contributed by atoms with van der Waals surface area (Å²) >= 11 is 0. The molecule has 30 heavy (non-hydrogen) atoms. The maximum Gasteiger partial charge on any atom is 0.280 e. The largest absolute Gasteiger partial charge is 0.355 e. The average molecular weight is 408 g/mol. The second-order valence-corrected chi connectivity index (χ2v) is 7.23. The highest BCUT2D eigenvalue weighted by Crippen LogP contribution is 2.20. The smallest absolute Gasteiger partial charge is 0.280 e. The Hall–Kier alpha value is -3.55. The van der Waals surface area contributed by atoms with Crippen molar-refractivity contribution in [3.05, 3.63) is 65.7 Å². The lowest BCUT2D eigenvalue weighted by atomic mass is 10.1. The van der Waals surface area contributed by atoms with Gasteiger partial charge in [0.2, 0.25) is 5.96 Å². The topological polar surface area (TPSA) is 95.1 Å². The molecule has 0 saturated carbocycles. The molecule has 1 aromatic carbocycles. The van der Waals surface area contributed by atoms with Gasteiger partial charge in [-0.05, 0) is 48.7 Å². The quantitative estimate of drug-likeness (QED) is 0.423. The Balaban J connectivity index is 1.80. The summed E-state index contributed by atoms with van der Waals surface area (Å²) in [6.45, 7) is 6.74. The Labute approximate surface area is 174 Å². The summed E-state index contributed by atoms with van der Waals surface area (Å²) in [4.78, 5) is 21.1. The molecule has 0 aliphatic rings. The predicted molar refractivity (Wildman–Crippen MR) is 116 cm³/mol. The molecule has 2 aromatic heterocycles. The van der Waals surface area contributed by atoms with Crippen LogP contribution in [0.15, 0.2) is 53.7 Å². The molecule has 0 spiro atoms. The number of benzene rings is 1. The van der Waals surface area contributed by atoms with Crippen LogP contribution >= 0.6 is 0 Å². The molecule has 0 radical (unpaired) electrons. The molecule has 8 heteroatoms. The van der Waals surface area contributed by atoms with Crippen LogP contribution in [0.4, 0.5) is 10.2 Å². The minimum atomic E-state index is -0.371. The molecule has 7 nitrogen and oxygen atoms in total. The van der Waals surface area contributed by atoms with Crippen molar-refractivity contribution in [2.24, 2.45) is 10.9 Å². The van der Waals surface area contributed by atoms with Crippen LogP contribution in [0.5, 0.6) is 0 Å². The van der Waals surface area contributed by atoms with E-state index in [1.165, 1.54) is 12.1 Å². The number of anilines is 1. The van der Waals surface area contributed by atoms with E-state index in [9.17, 15) is 9.18 Å². The highest BCUT2D eigenvalue weighted by atomic mass is 19.1. The van der Waals surface area contributed by atoms with Gasteiger partial charge in [-0.2, -0.15) is 10.1 Å². The third-order valence-corrected chi connectivity index (χ3v) is 4.29. The number of H-pyrrole nitrogens is 1. The number of pyridine rings is 1. The number of rotatable bonds is 6. The van der Waals surface area contributed by atoms with Crippen molar-refractivity contribution in [1.29, 1.82) is 0 Å². The van der Waals surface area contributed by atoms with Crippen molar-refractivity contribution in [2.45, 2.75) is 27.2 Å². The summed E-state index contributed by atoms with van der Waals surface area (Å²) in [5.74, 6) is 0.556. The molecule has 1 amide bonds. The van der Waals surface area contributed by atoms with Crippen molar-refractivity contribution >= 4 is 17.7 Å². The van der Waals surface area contributed by atoms with E-state index >= 15 is 0 Å². The molecular weight excluding hydrogens is 383 g/mol. The second kappa shape index (κ2) is 9.78. The Kier molecular flexibility index (Phi) is 6.90. The molecule has 0 aliphatic heterocycles. The standard InChI is InChI=1S/C22H25FN6O/c1-4-18-11-16(9-10-24-18)21(30)27-22(25-13-14(2)3)26-20-12-19(28-29-20)15-5-7-17(23)8-6-15/h5-12,14H,4,13H2,1-3H3,(H3,25,26,27,28,29,30). The van der Waals surface area contributed by atoms with Gasteiger partial charge in [0.25, 0.3) is 5.91 Å². The number of aliphatic imine (C=N–C) groups is 1. The first-order chi connectivity index (χ1) is 14.4. The Morgan fingerprint density at radius 1 is 1.20 bits per heavy atom. The van der Waals surface area contributed by atoms with E-state index in [1.807, 2.05) is 6.92 Å². The summed E-state index contributed by atoms with van der Waals surface area (Å²) in [5, 5.41) is 13.3. The van der Waals surface area contributed by atoms with Gasteiger partial charge in [-0.1, -0.05) is 20.8 Å². The third-order valence-electron chi connectivity index (χ3n) is 4.29. The van der Waals surface area contributed by atoms with Crippen molar-refractivity contribution in [2.75, 3.05) is 11.9 Å². The van der Waals surface area contributed by atoms with Crippen LogP contribution in [0, 0.1) is 11.7 Å². The number of guanidine groups is 1. The van der Waals surface area contributed by atoms with E-state index in [-0.39, 0.29) is 11.7 Å². The summed E-state index contributed by atoms with van der Waals surface area (Å²) in [5.41, 5.74) is 2.73. The minimum absolute atomic E-state index is 0.305. The molecule has 3 aromatic rings. The second-order valence-electron chi connectivity index (χ2n) is 7.23. The number of aromatic nitrogens is 3. The molecule has 3 N–H and O–H groups in total. The number of halogens is 1. The number of aryl methyl sites for hydroxylation is 1. The number of hydrogen-bond acceptors (Lipinski definition) is 3. The molecule has 156 valence electrons. The van der Waals surface area contributed by atoms with E-state index < -0.39 is 0 Å². The van der Waals surface area contributed by atoms with Gasteiger partial charge in [0.05, 0.1) is 5.69 Å². The zero-order valence-corrected chi connectivity index (χ0v) is 17.2. The molecule has 3 rings (SSSR count). The molecule has 0 atom stereocenters. The zero-order chi connectivity index (χ0) is 21.5. The predicted octanol–water partition coefficient (Wildman–Crippen LogP) is 4.03. The molecule has 0 fully saturated rings. The van der Waals surface area contributed by atoms with Crippen LogP contribution in [-0.2, 0) is 6.42 Å². The number of nitrogens with one attached hydrogen (secondary N) is 3. The van der Waals surface area contributed by atoms with Gasteiger partial charge in [0.15, 0.2) is 0 Å². The number of carbonyl (C=O) groups excluding carboxylic acids is 1. The lowest BCUT2D eigenvalue weighted by molar-refractivity contribution is 0.100. The monoisotopic (exact) mass is 408 g/mol. The lowest BCUT2D eigenvalue weighted by Gasteiger charge is -2.12. The molecular formula is C22H25FN6O. The van der Waals surface area contributed by atoms with Crippen LogP contribution in [0.25, 0.3) is 11.3 Å². The summed E-state index contributed by atoms with van der Waals surface area (Å²) < 4.78 is 13.1. The van der Waals surface area contributed by atoms with Crippen molar-refractivity contribution < 1.29 is 9.18 Å². The first kappa shape index (κ1) is 21.2. The van der Waals surface area contributed by atoms with Gasteiger partial charge in [-0.15, -0.1) is 0 Å². The Morgan fingerprint density at radius 3 is 2.67 bits per heavy atom. The normalized spacial score (nSPS) is 11.6. The molecule has 0 saturated heterocycles. The fourth-order valence-corrected chi connectivity index (χ4v) is 2.66. The number of hydrogen-bond donors (Lipinski definition) is 3. The van der Waals surface area contributed by atoms with Crippen LogP contribution in [0.3, 0.4) is 0 Å². The van der Waals surface area contributed by atoms with E-state index in [0.717, 1.165) is 17.7 Å². The fraction of sp³-hybridized carbons (Fsp3) is 0.273. The highest BCUT2D eigenvalue weighted by molar-refractivity contribution is 6.06. The summed E-state index contributed by atoms with van der Waals surface area (Å²) in [7, 11) is 0. The van der Waals surface area contributed by atoms with Gasteiger partial charge < -0.3 is 10.6 Å². The van der Waals surface area contributed by atoms with E-state index in [1.54, 1.807) is 36.5 Å². The third kappa shape index (κ3) is 5.73. The molecule has 0 bridgehead atoms. The number of aromatic amines is 1. The van der Waals surface area contributed by atoms with E-state index in [4.69, 9.17) is 0 Å². The maximum atomic E-state index is 13.1. The van der Waals surface area contributed by atoms with Gasteiger partial charge in [0.1, 0.15) is 11.6 Å². The number of nitrogens with zero attached hydrogens (tertiary/aromatic N) is 3. The first-order valence-corrected chi connectivity index (χ1v) is 9.84. The van der Waals surface area contributed by atoms with Gasteiger partial charge >= 0.3 is 0 Å². The van der Waals surface area contributed by atoms with Gasteiger partial charge in [-0.3, -0.25) is 14.9 Å². The van der Waals surface area contributed by atoms with Gasteiger partial charge in [-0.25, -0.2) is 4.39 Å². The molecule has 2 heterocycles. The minimum Gasteiger partial charge on any atom is -0.355 e. The van der Waals surface area contributed by atoms with Crippen molar-refractivity contribution in [3.8, 4) is 11.3 Å². The Bertz CT molecular complexity index is 1030.